The van der Waals surface area contributed by atoms with Crippen LogP contribution in [0.3, 0.4) is 0 Å². The van der Waals surface area contributed by atoms with Crippen molar-refractivity contribution in [2.45, 2.75) is 12.6 Å². The Balaban J connectivity index is 3.38. The van der Waals surface area contributed by atoms with Gasteiger partial charge in [-0.1, -0.05) is 11.6 Å². The second kappa shape index (κ2) is 3.80. The number of nitrogen functional groups attached to an aromatic ring is 1. The summed E-state index contributed by atoms with van der Waals surface area (Å²) in [5.41, 5.74) is 1.67. The summed E-state index contributed by atoms with van der Waals surface area (Å²) in [6, 6.07) is 0.186. The van der Waals surface area contributed by atoms with Crippen molar-refractivity contribution in [1.29, 1.82) is 0 Å². The first-order chi connectivity index (χ1) is 6.73. The highest BCUT2D eigenvalue weighted by atomic mass is 35.5. The summed E-state index contributed by atoms with van der Waals surface area (Å²) in [6.07, 6.45) is -7.97. The van der Waals surface area contributed by atoms with Gasteiger partial charge in [-0.2, -0.15) is 13.2 Å². The van der Waals surface area contributed by atoms with Crippen LogP contribution in [0.1, 0.15) is 17.7 Å². The van der Waals surface area contributed by atoms with E-state index in [2.05, 4.69) is 4.98 Å². The first-order valence-corrected chi connectivity index (χ1v) is 3.92. The molecule has 0 saturated carbocycles. The molecule has 15 heavy (non-hydrogen) atoms. The molecule has 2 N–H and O–H groups in total. The van der Waals surface area contributed by atoms with E-state index in [1.54, 1.807) is 0 Å². The highest BCUT2D eigenvalue weighted by Crippen LogP contribution is 2.37. The predicted octanol–water partition coefficient (Wildman–Crippen LogP) is 3.27. The van der Waals surface area contributed by atoms with E-state index >= 15 is 0 Å². The lowest BCUT2D eigenvalue weighted by atomic mass is 10.2. The fraction of sp³-hybridized carbons (Fsp3) is 0.286. The van der Waals surface area contributed by atoms with Gasteiger partial charge >= 0.3 is 6.18 Å². The number of pyridine rings is 1. The topological polar surface area (TPSA) is 38.9 Å². The van der Waals surface area contributed by atoms with Crippen molar-refractivity contribution in [3.05, 3.63) is 22.5 Å². The summed E-state index contributed by atoms with van der Waals surface area (Å²) in [6.45, 7) is 0. The second-order valence-corrected chi connectivity index (χ2v) is 2.96. The lowest BCUT2D eigenvalue weighted by Crippen LogP contribution is -2.11. The van der Waals surface area contributed by atoms with E-state index in [9.17, 15) is 22.0 Å². The Labute approximate surface area is 85.9 Å². The Morgan fingerprint density at radius 1 is 1.33 bits per heavy atom. The lowest BCUT2D eigenvalue weighted by molar-refractivity contribution is -0.137. The molecule has 1 heterocycles. The number of nitrogens with zero attached hydrogens (tertiary/aromatic N) is 1. The number of alkyl halides is 5. The van der Waals surface area contributed by atoms with Gasteiger partial charge in [0.1, 0.15) is 5.69 Å². The molecule has 0 aromatic carbocycles. The molecule has 0 aliphatic carbocycles. The van der Waals surface area contributed by atoms with Crippen LogP contribution in [-0.2, 0) is 6.18 Å². The molecule has 1 rings (SSSR count). The molecule has 0 spiro atoms. The van der Waals surface area contributed by atoms with Crippen LogP contribution in [0.25, 0.3) is 0 Å². The number of aromatic nitrogens is 1. The van der Waals surface area contributed by atoms with Gasteiger partial charge in [0.25, 0.3) is 6.43 Å². The first kappa shape index (κ1) is 12.0. The van der Waals surface area contributed by atoms with Gasteiger partial charge in [0.2, 0.25) is 0 Å². The summed E-state index contributed by atoms with van der Waals surface area (Å²) in [7, 11) is 0. The van der Waals surface area contributed by atoms with Crippen LogP contribution in [0.15, 0.2) is 6.07 Å². The normalized spacial score (nSPS) is 12.2. The van der Waals surface area contributed by atoms with Gasteiger partial charge in [-0.15, -0.1) is 0 Å². The molecule has 0 atom stereocenters. The van der Waals surface area contributed by atoms with E-state index in [1.165, 1.54) is 0 Å². The maximum atomic E-state index is 12.3. The number of halogens is 6. The maximum absolute atomic E-state index is 12.3. The van der Waals surface area contributed by atoms with Crippen LogP contribution in [0.4, 0.5) is 27.6 Å². The molecule has 0 unspecified atom stereocenters. The van der Waals surface area contributed by atoms with Crippen molar-refractivity contribution < 1.29 is 22.0 Å². The number of anilines is 1. The van der Waals surface area contributed by atoms with E-state index < -0.39 is 34.7 Å². The molecule has 1 aromatic rings. The van der Waals surface area contributed by atoms with Gasteiger partial charge < -0.3 is 5.73 Å². The summed E-state index contributed by atoms with van der Waals surface area (Å²) >= 11 is 5.20. The van der Waals surface area contributed by atoms with Gasteiger partial charge in [0, 0.05) is 0 Å². The summed E-state index contributed by atoms with van der Waals surface area (Å²) < 4.78 is 61.0. The first-order valence-electron chi connectivity index (χ1n) is 3.54. The van der Waals surface area contributed by atoms with Gasteiger partial charge in [0.15, 0.2) is 5.15 Å². The van der Waals surface area contributed by atoms with Gasteiger partial charge in [0.05, 0.1) is 11.3 Å². The fourth-order valence-corrected chi connectivity index (χ4v) is 1.09. The van der Waals surface area contributed by atoms with Crippen molar-refractivity contribution in [2.24, 2.45) is 0 Å². The van der Waals surface area contributed by atoms with Crippen molar-refractivity contribution in [3.63, 3.8) is 0 Å². The minimum Gasteiger partial charge on any atom is -0.396 e. The van der Waals surface area contributed by atoms with Crippen molar-refractivity contribution >= 4 is 17.3 Å². The van der Waals surface area contributed by atoms with Gasteiger partial charge in [-0.3, -0.25) is 0 Å². The van der Waals surface area contributed by atoms with Crippen LogP contribution < -0.4 is 5.73 Å². The highest BCUT2D eigenvalue weighted by Gasteiger charge is 2.35. The number of nitrogens with two attached hydrogens (primary N) is 1. The highest BCUT2D eigenvalue weighted by molar-refractivity contribution is 6.32. The minimum absolute atomic E-state index is 0.186. The Bertz CT molecular complexity index is 376. The lowest BCUT2D eigenvalue weighted by Gasteiger charge is -2.12. The second-order valence-electron chi connectivity index (χ2n) is 2.60. The van der Waals surface area contributed by atoms with E-state index in [1.807, 2.05) is 0 Å². The summed E-state index contributed by atoms with van der Waals surface area (Å²) in [5.74, 6) is 0. The Morgan fingerprint density at radius 3 is 2.27 bits per heavy atom. The van der Waals surface area contributed by atoms with Crippen molar-refractivity contribution in [1.82, 2.24) is 4.98 Å². The minimum atomic E-state index is -4.83. The molecule has 1 aromatic heterocycles. The molecule has 0 amide bonds. The van der Waals surface area contributed by atoms with E-state index in [0.29, 0.717) is 0 Å². The molecule has 0 bridgehead atoms. The average Bonchev–Trinajstić information content (AvgIpc) is 2.06. The molecular weight excluding hydrogens is 243 g/mol. The third kappa shape index (κ3) is 2.47. The molecule has 0 saturated heterocycles. The zero-order valence-corrected chi connectivity index (χ0v) is 7.70. The molecule has 0 radical (unpaired) electrons. The number of hydrogen-bond acceptors (Lipinski definition) is 2. The number of hydrogen-bond donors (Lipinski definition) is 1. The smallest absolute Gasteiger partial charge is 0.396 e. The molecule has 0 fully saturated rings. The zero-order chi connectivity index (χ0) is 11.8. The Hall–Kier alpha value is -1.11. The fourth-order valence-electron chi connectivity index (χ4n) is 0.889. The standard InChI is InChI=1S/C7H4ClF5N2/c8-5-4(14)2(7(11,12)13)1-3(15-5)6(9)10/h1,6H,14H2. The average molecular weight is 247 g/mol. The molecule has 84 valence electrons. The zero-order valence-electron chi connectivity index (χ0n) is 6.95. The van der Waals surface area contributed by atoms with Crippen molar-refractivity contribution in [3.8, 4) is 0 Å². The number of rotatable bonds is 1. The van der Waals surface area contributed by atoms with Crippen molar-refractivity contribution in [2.75, 3.05) is 5.73 Å². The molecule has 0 aliphatic heterocycles. The van der Waals surface area contributed by atoms with Crippen LogP contribution in [0, 0.1) is 0 Å². The molecular formula is C7H4ClF5N2. The monoisotopic (exact) mass is 246 g/mol. The molecule has 2 nitrogen and oxygen atoms in total. The summed E-state index contributed by atoms with van der Waals surface area (Å²) in [5, 5.41) is -0.778. The predicted molar refractivity (Wildman–Crippen MR) is 43.6 cm³/mol. The third-order valence-electron chi connectivity index (χ3n) is 1.56. The summed E-state index contributed by atoms with van der Waals surface area (Å²) in [4.78, 5) is 3.04. The molecule has 8 heteroatoms. The SMILES string of the molecule is Nc1c(C(F)(F)F)cc(C(F)F)nc1Cl. The van der Waals surface area contributed by atoms with E-state index in [0.717, 1.165) is 0 Å². The largest absolute Gasteiger partial charge is 0.418 e. The third-order valence-corrected chi connectivity index (χ3v) is 1.85. The van der Waals surface area contributed by atoms with Crippen LogP contribution in [0.5, 0.6) is 0 Å². The quantitative estimate of drug-likeness (QED) is 0.610. The van der Waals surface area contributed by atoms with Crippen LogP contribution >= 0.6 is 11.6 Å². The van der Waals surface area contributed by atoms with E-state index in [-0.39, 0.29) is 6.07 Å². The molecule has 0 aliphatic rings. The van der Waals surface area contributed by atoms with Crippen LogP contribution in [0.2, 0.25) is 5.15 Å². The van der Waals surface area contributed by atoms with Gasteiger partial charge in [-0.05, 0) is 6.07 Å². The van der Waals surface area contributed by atoms with Gasteiger partial charge in [-0.25, -0.2) is 13.8 Å². The van der Waals surface area contributed by atoms with Crippen LogP contribution in [-0.4, -0.2) is 4.98 Å². The Kier molecular flexibility index (Phi) is 3.03. The Morgan fingerprint density at radius 2 is 1.87 bits per heavy atom. The van der Waals surface area contributed by atoms with E-state index in [4.69, 9.17) is 17.3 Å². The maximum Gasteiger partial charge on any atom is 0.418 e.